The molecule has 2 heteroatoms. The molecular formula is C16H13BrO. The first-order valence-corrected chi connectivity index (χ1v) is 7.08. The van der Waals surface area contributed by atoms with E-state index in [9.17, 15) is 5.11 Å². The van der Waals surface area contributed by atoms with Crippen molar-refractivity contribution < 1.29 is 5.11 Å². The standard InChI is InChI=1S/C16H13BrO/c17-10-16(18)15-9-11-5-1-2-6-12(11)13-7-3-4-8-14(13)15/h1-9,16,18H,10H2/t16-/m0/s1. The molecule has 0 unspecified atom stereocenters. The van der Waals surface area contributed by atoms with Gasteiger partial charge in [0.2, 0.25) is 0 Å². The van der Waals surface area contributed by atoms with Crippen LogP contribution in [-0.2, 0) is 0 Å². The lowest BCUT2D eigenvalue weighted by Gasteiger charge is -2.13. The zero-order valence-corrected chi connectivity index (χ0v) is 11.4. The van der Waals surface area contributed by atoms with Crippen LogP contribution in [0.1, 0.15) is 11.7 Å². The maximum Gasteiger partial charge on any atom is 0.0893 e. The van der Waals surface area contributed by atoms with E-state index in [0.29, 0.717) is 5.33 Å². The molecule has 0 bridgehead atoms. The van der Waals surface area contributed by atoms with Gasteiger partial charge in [-0.2, -0.15) is 0 Å². The second-order valence-corrected chi connectivity index (χ2v) is 5.05. The monoisotopic (exact) mass is 300 g/mol. The first-order valence-electron chi connectivity index (χ1n) is 5.95. The van der Waals surface area contributed by atoms with Crippen molar-refractivity contribution in [2.24, 2.45) is 0 Å². The second kappa shape index (κ2) is 4.71. The van der Waals surface area contributed by atoms with E-state index >= 15 is 0 Å². The predicted octanol–water partition coefficient (Wildman–Crippen LogP) is 4.42. The molecule has 0 amide bonds. The quantitative estimate of drug-likeness (QED) is 0.548. The van der Waals surface area contributed by atoms with Gasteiger partial charge in [0.05, 0.1) is 6.10 Å². The van der Waals surface area contributed by atoms with Crippen LogP contribution in [0.5, 0.6) is 0 Å². The van der Waals surface area contributed by atoms with E-state index in [1.807, 2.05) is 18.2 Å². The van der Waals surface area contributed by atoms with Crippen molar-refractivity contribution in [2.45, 2.75) is 6.10 Å². The number of benzene rings is 3. The summed E-state index contributed by atoms with van der Waals surface area (Å²) < 4.78 is 0. The third-order valence-corrected chi connectivity index (χ3v) is 3.92. The van der Waals surface area contributed by atoms with E-state index < -0.39 is 6.10 Å². The van der Waals surface area contributed by atoms with Gasteiger partial charge in [-0.1, -0.05) is 64.5 Å². The lowest BCUT2D eigenvalue weighted by molar-refractivity contribution is 0.207. The molecule has 0 saturated carbocycles. The number of aliphatic hydroxyl groups excluding tert-OH is 1. The number of halogens is 1. The van der Waals surface area contributed by atoms with Crippen molar-refractivity contribution in [2.75, 3.05) is 5.33 Å². The summed E-state index contributed by atoms with van der Waals surface area (Å²) in [7, 11) is 0. The zero-order valence-electron chi connectivity index (χ0n) is 9.81. The molecular weight excluding hydrogens is 288 g/mol. The van der Waals surface area contributed by atoms with E-state index in [1.165, 1.54) is 16.2 Å². The Morgan fingerprint density at radius 2 is 1.50 bits per heavy atom. The minimum atomic E-state index is -0.473. The van der Waals surface area contributed by atoms with Crippen LogP contribution in [0.4, 0.5) is 0 Å². The fourth-order valence-corrected chi connectivity index (χ4v) is 2.79. The molecule has 0 aromatic heterocycles. The Bertz CT molecular complexity index is 706. The van der Waals surface area contributed by atoms with Crippen molar-refractivity contribution in [3.8, 4) is 0 Å². The number of hydrogen-bond donors (Lipinski definition) is 1. The number of aliphatic hydroxyl groups is 1. The van der Waals surface area contributed by atoms with Crippen molar-refractivity contribution >= 4 is 37.5 Å². The van der Waals surface area contributed by atoms with E-state index in [0.717, 1.165) is 10.9 Å². The SMILES string of the molecule is O[C@@H](CBr)c1cc2ccccc2c2ccccc12. The van der Waals surface area contributed by atoms with Crippen LogP contribution in [0, 0.1) is 0 Å². The summed E-state index contributed by atoms with van der Waals surface area (Å²) in [6.45, 7) is 0. The Kier molecular flexibility index (Phi) is 3.06. The molecule has 1 nitrogen and oxygen atoms in total. The minimum Gasteiger partial charge on any atom is -0.388 e. The molecule has 0 aliphatic rings. The Balaban J connectivity index is 2.46. The second-order valence-electron chi connectivity index (χ2n) is 4.40. The number of fused-ring (bicyclic) bond motifs is 3. The van der Waals surface area contributed by atoms with Gasteiger partial charge in [0.1, 0.15) is 0 Å². The predicted molar refractivity (Wildman–Crippen MR) is 80.2 cm³/mol. The molecule has 0 aliphatic heterocycles. The van der Waals surface area contributed by atoms with Gasteiger partial charge in [-0.3, -0.25) is 0 Å². The molecule has 18 heavy (non-hydrogen) atoms. The maximum atomic E-state index is 10.1. The van der Waals surface area contributed by atoms with Gasteiger partial charge >= 0.3 is 0 Å². The van der Waals surface area contributed by atoms with Gasteiger partial charge in [-0.05, 0) is 33.2 Å². The van der Waals surface area contributed by atoms with Gasteiger partial charge in [0.15, 0.2) is 0 Å². The first kappa shape index (κ1) is 11.7. The van der Waals surface area contributed by atoms with Crippen molar-refractivity contribution in [1.29, 1.82) is 0 Å². The molecule has 90 valence electrons. The van der Waals surface area contributed by atoms with Crippen LogP contribution >= 0.6 is 15.9 Å². The third-order valence-electron chi connectivity index (χ3n) is 3.31. The van der Waals surface area contributed by atoms with E-state index in [2.05, 4.69) is 52.3 Å². The molecule has 0 spiro atoms. The van der Waals surface area contributed by atoms with E-state index in [4.69, 9.17) is 0 Å². The van der Waals surface area contributed by atoms with E-state index in [1.54, 1.807) is 0 Å². The summed E-state index contributed by atoms with van der Waals surface area (Å²) in [5.41, 5.74) is 0.987. The summed E-state index contributed by atoms with van der Waals surface area (Å²) in [6.07, 6.45) is -0.473. The molecule has 3 aromatic rings. The van der Waals surface area contributed by atoms with Crippen molar-refractivity contribution in [3.05, 3.63) is 60.2 Å². The Morgan fingerprint density at radius 3 is 2.22 bits per heavy atom. The van der Waals surface area contributed by atoms with Crippen LogP contribution < -0.4 is 0 Å². The average molecular weight is 301 g/mol. The van der Waals surface area contributed by atoms with Crippen molar-refractivity contribution in [3.63, 3.8) is 0 Å². The number of alkyl halides is 1. The molecule has 3 aromatic carbocycles. The summed E-state index contributed by atoms with van der Waals surface area (Å²) >= 11 is 3.35. The van der Waals surface area contributed by atoms with Crippen LogP contribution in [0.2, 0.25) is 0 Å². The molecule has 0 saturated heterocycles. The average Bonchev–Trinajstić information content (AvgIpc) is 2.45. The molecule has 0 fully saturated rings. The van der Waals surface area contributed by atoms with Crippen LogP contribution in [0.3, 0.4) is 0 Å². The lowest BCUT2D eigenvalue weighted by Crippen LogP contribution is -1.99. The molecule has 1 N–H and O–H groups in total. The highest BCUT2D eigenvalue weighted by atomic mass is 79.9. The lowest BCUT2D eigenvalue weighted by atomic mass is 9.95. The van der Waals surface area contributed by atoms with Crippen LogP contribution in [0.15, 0.2) is 54.6 Å². The van der Waals surface area contributed by atoms with Gasteiger partial charge in [0.25, 0.3) is 0 Å². The summed E-state index contributed by atoms with van der Waals surface area (Å²) in [4.78, 5) is 0. The van der Waals surface area contributed by atoms with Crippen LogP contribution in [0.25, 0.3) is 21.5 Å². The maximum absolute atomic E-state index is 10.1. The summed E-state index contributed by atoms with van der Waals surface area (Å²) in [6, 6.07) is 18.6. The van der Waals surface area contributed by atoms with Gasteiger partial charge in [-0.25, -0.2) is 0 Å². The summed E-state index contributed by atoms with van der Waals surface area (Å²) in [5, 5.41) is 15.4. The Morgan fingerprint density at radius 1 is 0.889 bits per heavy atom. The molecule has 3 rings (SSSR count). The van der Waals surface area contributed by atoms with Crippen molar-refractivity contribution in [1.82, 2.24) is 0 Å². The minimum absolute atomic E-state index is 0.473. The van der Waals surface area contributed by atoms with E-state index in [-0.39, 0.29) is 0 Å². The summed E-state index contributed by atoms with van der Waals surface area (Å²) in [5.74, 6) is 0. The molecule has 0 radical (unpaired) electrons. The normalized spacial score (nSPS) is 13.0. The Labute approximate surface area is 114 Å². The smallest absolute Gasteiger partial charge is 0.0893 e. The van der Waals surface area contributed by atoms with Gasteiger partial charge in [0, 0.05) is 5.33 Å². The fraction of sp³-hybridized carbons (Fsp3) is 0.125. The largest absolute Gasteiger partial charge is 0.388 e. The number of hydrogen-bond acceptors (Lipinski definition) is 1. The number of rotatable bonds is 2. The highest BCUT2D eigenvalue weighted by Gasteiger charge is 2.12. The first-order chi connectivity index (χ1) is 8.81. The zero-order chi connectivity index (χ0) is 12.5. The molecule has 1 atom stereocenters. The van der Waals surface area contributed by atoms with Crippen LogP contribution in [-0.4, -0.2) is 10.4 Å². The fourth-order valence-electron chi connectivity index (χ4n) is 2.44. The molecule has 0 heterocycles. The molecule has 0 aliphatic carbocycles. The Hall–Kier alpha value is -1.38. The third kappa shape index (κ3) is 1.82. The van der Waals surface area contributed by atoms with Gasteiger partial charge < -0.3 is 5.11 Å². The van der Waals surface area contributed by atoms with Gasteiger partial charge in [-0.15, -0.1) is 0 Å². The highest BCUT2D eigenvalue weighted by Crippen LogP contribution is 2.32. The highest BCUT2D eigenvalue weighted by molar-refractivity contribution is 9.09. The topological polar surface area (TPSA) is 20.2 Å².